The molecule has 8 nitrogen and oxygen atoms in total. The summed E-state index contributed by atoms with van der Waals surface area (Å²) in [5.41, 5.74) is 3.45. The Kier molecular flexibility index (Phi) is 7.44. The summed E-state index contributed by atoms with van der Waals surface area (Å²) in [4.78, 5) is 45.9. The molecule has 0 radical (unpaired) electrons. The zero-order valence-electron chi connectivity index (χ0n) is 18.7. The fourth-order valence-corrected chi connectivity index (χ4v) is 4.23. The van der Waals surface area contributed by atoms with Crippen LogP contribution < -0.4 is 10.9 Å². The summed E-state index contributed by atoms with van der Waals surface area (Å²) in [6, 6.07) is 17.4. The molecule has 0 aliphatic heterocycles. The molecule has 174 valence electrons. The lowest BCUT2D eigenvalue weighted by molar-refractivity contribution is -0.147. The number of carbonyl (C=O) groups is 2. The summed E-state index contributed by atoms with van der Waals surface area (Å²) in [5, 5.41) is 4.85. The van der Waals surface area contributed by atoms with E-state index in [0.717, 1.165) is 16.8 Å². The van der Waals surface area contributed by atoms with Gasteiger partial charge in [-0.2, -0.15) is 0 Å². The van der Waals surface area contributed by atoms with Gasteiger partial charge in [0.1, 0.15) is 5.69 Å². The van der Waals surface area contributed by atoms with Crippen molar-refractivity contribution < 1.29 is 14.3 Å². The number of esters is 1. The highest BCUT2D eigenvalue weighted by molar-refractivity contribution is 7.13. The number of aromatic nitrogens is 3. The van der Waals surface area contributed by atoms with E-state index in [1.165, 1.54) is 11.3 Å². The Morgan fingerprint density at radius 3 is 2.56 bits per heavy atom. The predicted octanol–water partition coefficient (Wildman–Crippen LogP) is 3.52. The first-order valence-corrected chi connectivity index (χ1v) is 11.8. The van der Waals surface area contributed by atoms with Crippen molar-refractivity contribution in [2.75, 3.05) is 11.9 Å². The average molecular weight is 477 g/mol. The van der Waals surface area contributed by atoms with Gasteiger partial charge in [-0.3, -0.25) is 19.7 Å². The molecule has 0 saturated heterocycles. The molecule has 4 aromatic rings. The van der Waals surface area contributed by atoms with Crippen LogP contribution in [-0.4, -0.2) is 33.0 Å². The standard InChI is InChI=1S/C25H24N4O4S/c1-17-16-34-25(26-17)28-22(30)15-33-23(31)12-11-20-24(32)29(14-13-18-7-3-2-4-8-18)21-10-6-5-9-19(21)27-20/h2-10,16H,11-15H2,1H3,(H,26,28,30). The van der Waals surface area contributed by atoms with Crippen molar-refractivity contribution in [1.29, 1.82) is 0 Å². The molecule has 1 N–H and O–H groups in total. The molecular weight excluding hydrogens is 452 g/mol. The van der Waals surface area contributed by atoms with Gasteiger partial charge in [0.05, 0.1) is 23.1 Å². The Bertz CT molecular complexity index is 1360. The number of amides is 1. The number of para-hydroxylation sites is 2. The fraction of sp³-hybridized carbons (Fsp3) is 0.240. The second-order valence-electron chi connectivity index (χ2n) is 7.74. The number of thiazole rings is 1. The Balaban J connectivity index is 1.40. The van der Waals surface area contributed by atoms with Crippen molar-refractivity contribution in [3.63, 3.8) is 0 Å². The highest BCUT2D eigenvalue weighted by Crippen LogP contribution is 2.14. The third-order valence-electron chi connectivity index (χ3n) is 5.18. The number of nitrogens with zero attached hydrogens (tertiary/aromatic N) is 3. The highest BCUT2D eigenvalue weighted by Gasteiger charge is 2.14. The van der Waals surface area contributed by atoms with Crippen molar-refractivity contribution in [3.05, 3.63) is 87.3 Å². The second kappa shape index (κ2) is 10.8. The number of carbonyl (C=O) groups excluding carboxylic acids is 2. The fourth-order valence-electron chi connectivity index (χ4n) is 3.52. The van der Waals surface area contributed by atoms with Crippen LogP contribution in [0.25, 0.3) is 11.0 Å². The van der Waals surface area contributed by atoms with Gasteiger partial charge in [-0.25, -0.2) is 9.97 Å². The van der Waals surface area contributed by atoms with Crippen LogP contribution in [0.1, 0.15) is 23.4 Å². The highest BCUT2D eigenvalue weighted by atomic mass is 32.1. The summed E-state index contributed by atoms with van der Waals surface area (Å²) in [5.74, 6) is -1.04. The largest absolute Gasteiger partial charge is 0.456 e. The van der Waals surface area contributed by atoms with E-state index in [9.17, 15) is 14.4 Å². The Labute approximate surface area is 200 Å². The van der Waals surface area contributed by atoms with Crippen molar-refractivity contribution >= 4 is 39.4 Å². The van der Waals surface area contributed by atoms with E-state index in [2.05, 4.69) is 15.3 Å². The van der Waals surface area contributed by atoms with Gasteiger partial charge >= 0.3 is 5.97 Å². The molecule has 0 bridgehead atoms. The molecule has 0 aliphatic rings. The molecule has 0 atom stereocenters. The number of aryl methyl sites for hydroxylation is 4. The van der Waals surface area contributed by atoms with Crippen LogP contribution in [-0.2, 0) is 33.7 Å². The molecule has 0 aliphatic carbocycles. The predicted molar refractivity (Wildman–Crippen MR) is 131 cm³/mol. The van der Waals surface area contributed by atoms with Gasteiger partial charge in [0.15, 0.2) is 11.7 Å². The summed E-state index contributed by atoms with van der Waals surface area (Å²) in [7, 11) is 0. The lowest BCUT2D eigenvalue weighted by Gasteiger charge is -2.12. The number of benzene rings is 2. The van der Waals surface area contributed by atoms with Gasteiger partial charge in [0.25, 0.3) is 11.5 Å². The van der Waals surface area contributed by atoms with E-state index in [4.69, 9.17) is 4.74 Å². The third kappa shape index (κ3) is 5.93. The molecule has 2 aromatic carbocycles. The topological polar surface area (TPSA) is 103 Å². The number of nitrogens with one attached hydrogen (secondary N) is 1. The molecule has 2 aromatic heterocycles. The smallest absolute Gasteiger partial charge is 0.306 e. The maximum absolute atomic E-state index is 13.2. The lowest BCUT2D eigenvalue weighted by atomic mass is 10.1. The van der Waals surface area contributed by atoms with Crippen molar-refractivity contribution in [2.45, 2.75) is 32.7 Å². The Hall–Kier alpha value is -3.85. The van der Waals surface area contributed by atoms with Crippen LogP contribution in [0.3, 0.4) is 0 Å². The van der Waals surface area contributed by atoms with E-state index in [1.807, 2.05) is 66.9 Å². The minimum absolute atomic E-state index is 0.0527. The van der Waals surface area contributed by atoms with E-state index in [1.54, 1.807) is 4.57 Å². The molecular formula is C25H24N4O4S. The van der Waals surface area contributed by atoms with Crippen LogP contribution >= 0.6 is 11.3 Å². The van der Waals surface area contributed by atoms with Gasteiger partial charge < -0.3 is 9.30 Å². The molecule has 34 heavy (non-hydrogen) atoms. The Morgan fingerprint density at radius 2 is 1.79 bits per heavy atom. The van der Waals surface area contributed by atoms with Crippen molar-refractivity contribution in [1.82, 2.24) is 14.5 Å². The van der Waals surface area contributed by atoms with Gasteiger partial charge in [0.2, 0.25) is 0 Å². The quantitative estimate of drug-likeness (QED) is 0.371. The first-order valence-electron chi connectivity index (χ1n) is 10.9. The molecule has 0 fully saturated rings. The zero-order valence-corrected chi connectivity index (χ0v) is 19.5. The molecule has 4 rings (SSSR count). The van der Waals surface area contributed by atoms with E-state index in [0.29, 0.717) is 29.3 Å². The van der Waals surface area contributed by atoms with Crippen LogP contribution in [0.2, 0.25) is 0 Å². The molecule has 0 saturated carbocycles. The number of hydrogen-bond acceptors (Lipinski definition) is 7. The minimum Gasteiger partial charge on any atom is -0.456 e. The monoisotopic (exact) mass is 476 g/mol. The molecule has 0 unspecified atom stereocenters. The average Bonchev–Trinajstić information content (AvgIpc) is 3.25. The lowest BCUT2D eigenvalue weighted by Crippen LogP contribution is -2.27. The van der Waals surface area contributed by atoms with Gasteiger partial charge in [0, 0.05) is 18.3 Å². The van der Waals surface area contributed by atoms with Crippen LogP contribution in [0, 0.1) is 6.92 Å². The number of hydrogen-bond donors (Lipinski definition) is 1. The van der Waals surface area contributed by atoms with Crippen molar-refractivity contribution in [2.24, 2.45) is 0 Å². The maximum atomic E-state index is 13.2. The van der Waals surface area contributed by atoms with Crippen molar-refractivity contribution in [3.8, 4) is 0 Å². The molecule has 9 heteroatoms. The van der Waals surface area contributed by atoms with E-state index < -0.39 is 18.5 Å². The summed E-state index contributed by atoms with van der Waals surface area (Å²) >= 11 is 1.30. The molecule has 0 spiro atoms. The first kappa shape index (κ1) is 23.3. The SMILES string of the molecule is Cc1csc(NC(=O)COC(=O)CCc2nc3ccccc3n(CCc3ccccc3)c2=O)n1. The van der Waals surface area contributed by atoms with Gasteiger partial charge in [-0.1, -0.05) is 42.5 Å². The second-order valence-corrected chi connectivity index (χ2v) is 8.60. The summed E-state index contributed by atoms with van der Waals surface area (Å²) in [6.45, 7) is 1.91. The number of fused-ring (bicyclic) bond motifs is 1. The number of rotatable bonds is 9. The maximum Gasteiger partial charge on any atom is 0.306 e. The summed E-state index contributed by atoms with van der Waals surface area (Å²) < 4.78 is 6.76. The number of ether oxygens (including phenoxy) is 1. The minimum atomic E-state index is -0.573. The Morgan fingerprint density at radius 1 is 1.03 bits per heavy atom. The van der Waals surface area contributed by atoms with E-state index >= 15 is 0 Å². The normalized spacial score (nSPS) is 10.9. The first-order chi connectivity index (χ1) is 16.5. The molecule has 2 heterocycles. The van der Waals surface area contributed by atoms with Crippen LogP contribution in [0.4, 0.5) is 5.13 Å². The van der Waals surface area contributed by atoms with E-state index in [-0.39, 0.29) is 18.4 Å². The summed E-state index contributed by atoms with van der Waals surface area (Å²) in [6.07, 6.45) is 0.772. The van der Waals surface area contributed by atoms with Crippen LogP contribution in [0.5, 0.6) is 0 Å². The number of anilines is 1. The van der Waals surface area contributed by atoms with Gasteiger partial charge in [-0.15, -0.1) is 11.3 Å². The van der Waals surface area contributed by atoms with Crippen LogP contribution in [0.15, 0.2) is 64.8 Å². The van der Waals surface area contributed by atoms with Gasteiger partial charge in [-0.05, 0) is 31.0 Å². The third-order valence-corrected chi connectivity index (χ3v) is 6.06. The molecule has 1 amide bonds. The zero-order chi connectivity index (χ0) is 23.9.